The highest BCUT2D eigenvalue weighted by Crippen LogP contribution is 2.38. The van der Waals surface area contributed by atoms with E-state index in [1.54, 1.807) is 45.9 Å². The predicted octanol–water partition coefficient (Wildman–Crippen LogP) is 4.72. The number of hydrogen-bond donors (Lipinski definition) is 0. The van der Waals surface area contributed by atoms with Gasteiger partial charge >= 0.3 is 0 Å². The van der Waals surface area contributed by atoms with Crippen molar-refractivity contribution in [2.75, 3.05) is 0 Å². The Morgan fingerprint density at radius 3 is 2.21 bits per heavy atom. The van der Waals surface area contributed by atoms with E-state index in [9.17, 15) is 18.5 Å². The molecule has 3 aromatic rings. The smallest absolute Gasteiger partial charge is 0.258 e. The fourth-order valence-electron chi connectivity index (χ4n) is 3.45. The van der Waals surface area contributed by atoms with Gasteiger partial charge in [-0.3, -0.25) is 10.1 Å². The van der Waals surface area contributed by atoms with Crippen molar-refractivity contribution < 1.29 is 13.3 Å². The number of nitro benzene ring substituents is 1. The zero-order valence-corrected chi connectivity index (χ0v) is 18.4. The van der Waals surface area contributed by atoms with Crippen LogP contribution in [0.1, 0.15) is 28.1 Å². The van der Waals surface area contributed by atoms with E-state index in [4.69, 9.17) is 0 Å². The predicted molar refractivity (Wildman–Crippen MR) is 112 cm³/mol. The summed E-state index contributed by atoms with van der Waals surface area (Å²) in [4.78, 5) is 12.1. The Hall–Kier alpha value is -2.65. The largest absolute Gasteiger partial charge is 0.283 e. The van der Waals surface area contributed by atoms with Gasteiger partial charge in [0.1, 0.15) is 0 Å². The van der Waals surface area contributed by atoms with Crippen molar-refractivity contribution in [2.45, 2.75) is 49.3 Å². The molecule has 0 unspecified atom stereocenters. The number of nitro groups is 1. The number of para-hydroxylation sites is 1. The first-order valence-electron chi connectivity index (χ1n) is 8.85. The van der Waals surface area contributed by atoms with Crippen LogP contribution in [0.3, 0.4) is 0 Å². The number of hydrogen-bond acceptors (Lipinski definition) is 6. The molecule has 29 heavy (non-hydrogen) atoms. The lowest BCUT2D eigenvalue weighted by molar-refractivity contribution is -0.387. The molecule has 0 aliphatic carbocycles. The van der Waals surface area contributed by atoms with Crippen molar-refractivity contribution >= 4 is 27.5 Å². The van der Waals surface area contributed by atoms with E-state index in [-0.39, 0.29) is 10.6 Å². The maximum Gasteiger partial charge on any atom is 0.283 e. The quantitative estimate of drug-likeness (QED) is 0.428. The summed E-state index contributed by atoms with van der Waals surface area (Å²) in [5.74, 6) is 0. The van der Waals surface area contributed by atoms with Gasteiger partial charge in [-0.05, 0) is 51.8 Å². The first-order chi connectivity index (χ1) is 13.5. The standard InChI is InChI=1S/C20H21N3O4S2/c1-12-10-13(2)20(14(3)11-12)29(26,27)22-16(5)19(15(4)21-22)28-18-9-7-6-8-17(18)23(24)25/h6-11H,1-5H3. The number of aryl methyl sites for hydroxylation is 4. The van der Waals surface area contributed by atoms with Crippen LogP contribution < -0.4 is 0 Å². The number of aromatic nitrogens is 2. The summed E-state index contributed by atoms with van der Waals surface area (Å²) < 4.78 is 27.8. The molecule has 3 rings (SSSR count). The van der Waals surface area contributed by atoms with Crippen LogP contribution in [0.15, 0.2) is 51.1 Å². The van der Waals surface area contributed by atoms with Crippen LogP contribution in [0, 0.1) is 44.7 Å². The molecule has 1 heterocycles. The normalized spacial score (nSPS) is 11.6. The van der Waals surface area contributed by atoms with Gasteiger partial charge in [0.2, 0.25) is 0 Å². The second-order valence-electron chi connectivity index (χ2n) is 6.90. The molecule has 0 spiro atoms. The highest BCUT2D eigenvalue weighted by atomic mass is 32.2. The average Bonchev–Trinajstić information content (AvgIpc) is 2.89. The Labute approximate surface area is 174 Å². The molecule has 0 aliphatic rings. The number of benzene rings is 2. The van der Waals surface area contributed by atoms with E-state index in [2.05, 4.69) is 5.10 Å². The SMILES string of the molecule is Cc1cc(C)c(S(=O)(=O)n2nc(C)c(Sc3ccccc3[N+](=O)[O-])c2C)c(C)c1. The van der Waals surface area contributed by atoms with Crippen molar-refractivity contribution in [1.82, 2.24) is 9.19 Å². The van der Waals surface area contributed by atoms with Crippen LogP contribution in [-0.4, -0.2) is 22.5 Å². The molecule has 0 radical (unpaired) electrons. The van der Waals surface area contributed by atoms with Gasteiger partial charge in [-0.1, -0.05) is 41.6 Å². The molecule has 1 aromatic heterocycles. The molecule has 0 saturated carbocycles. The molecule has 152 valence electrons. The van der Waals surface area contributed by atoms with Gasteiger partial charge < -0.3 is 0 Å². The van der Waals surface area contributed by atoms with E-state index in [1.165, 1.54) is 6.07 Å². The third-order valence-electron chi connectivity index (χ3n) is 4.55. The third-order valence-corrected chi connectivity index (χ3v) is 7.88. The minimum Gasteiger partial charge on any atom is -0.258 e. The summed E-state index contributed by atoms with van der Waals surface area (Å²) in [6, 6.07) is 10.0. The number of nitrogens with zero attached hydrogens (tertiary/aromatic N) is 3. The molecule has 0 atom stereocenters. The second kappa shape index (κ2) is 7.64. The zero-order valence-electron chi connectivity index (χ0n) is 16.8. The summed E-state index contributed by atoms with van der Waals surface area (Å²) >= 11 is 1.15. The Morgan fingerprint density at radius 2 is 1.62 bits per heavy atom. The van der Waals surface area contributed by atoms with Gasteiger partial charge in [-0.25, -0.2) is 0 Å². The van der Waals surface area contributed by atoms with Gasteiger partial charge in [0, 0.05) is 6.07 Å². The molecule has 0 saturated heterocycles. The van der Waals surface area contributed by atoms with Crippen molar-refractivity contribution in [3.05, 3.63) is 74.6 Å². The van der Waals surface area contributed by atoms with Crippen molar-refractivity contribution in [3.8, 4) is 0 Å². The topological polar surface area (TPSA) is 95.1 Å². The van der Waals surface area contributed by atoms with Crippen LogP contribution in [0.25, 0.3) is 0 Å². The monoisotopic (exact) mass is 431 g/mol. The Balaban J connectivity index is 2.13. The molecule has 0 N–H and O–H groups in total. The van der Waals surface area contributed by atoms with Crippen molar-refractivity contribution in [2.24, 2.45) is 0 Å². The summed E-state index contributed by atoms with van der Waals surface area (Å²) in [5.41, 5.74) is 3.18. The molecular weight excluding hydrogens is 410 g/mol. The molecule has 2 aromatic carbocycles. The van der Waals surface area contributed by atoms with Gasteiger partial charge in [-0.15, -0.1) is 0 Å². The first-order valence-corrected chi connectivity index (χ1v) is 11.1. The third kappa shape index (κ3) is 3.79. The van der Waals surface area contributed by atoms with E-state index in [1.807, 2.05) is 19.1 Å². The van der Waals surface area contributed by atoms with Crippen LogP contribution in [0.5, 0.6) is 0 Å². The summed E-state index contributed by atoms with van der Waals surface area (Å²) in [6.45, 7) is 8.81. The summed E-state index contributed by atoms with van der Waals surface area (Å²) in [5, 5.41) is 15.6. The van der Waals surface area contributed by atoms with Crippen LogP contribution in [-0.2, 0) is 10.0 Å². The van der Waals surface area contributed by atoms with Gasteiger partial charge in [-0.2, -0.15) is 17.6 Å². The number of rotatable bonds is 5. The van der Waals surface area contributed by atoms with E-state index in [0.717, 1.165) is 21.4 Å². The lowest BCUT2D eigenvalue weighted by Crippen LogP contribution is -2.18. The fraction of sp³-hybridized carbons (Fsp3) is 0.250. The lowest BCUT2D eigenvalue weighted by atomic mass is 10.1. The Kier molecular flexibility index (Phi) is 5.55. The summed E-state index contributed by atoms with van der Waals surface area (Å²) in [6.07, 6.45) is 0. The van der Waals surface area contributed by atoms with Crippen molar-refractivity contribution in [3.63, 3.8) is 0 Å². The second-order valence-corrected chi connectivity index (χ2v) is 9.66. The van der Waals surface area contributed by atoms with E-state index < -0.39 is 14.9 Å². The molecule has 0 aliphatic heterocycles. The average molecular weight is 432 g/mol. The fourth-order valence-corrected chi connectivity index (χ4v) is 6.33. The maximum atomic E-state index is 13.4. The molecule has 0 amide bonds. The molecule has 9 heteroatoms. The molecule has 0 bridgehead atoms. The van der Waals surface area contributed by atoms with E-state index in [0.29, 0.717) is 32.3 Å². The first kappa shape index (κ1) is 21.1. The van der Waals surface area contributed by atoms with Gasteiger partial charge in [0.25, 0.3) is 15.7 Å². The zero-order chi connectivity index (χ0) is 21.5. The lowest BCUT2D eigenvalue weighted by Gasteiger charge is -2.13. The molecule has 0 fully saturated rings. The summed E-state index contributed by atoms with van der Waals surface area (Å²) in [7, 11) is -3.91. The van der Waals surface area contributed by atoms with Gasteiger partial charge in [0.15, 0.2) is 0 Å². The minimum atomic E-state index is -3.91. The maximum absolute atomic E-state index is 13.4. The van der Waals surface area contributed by atoms with E-state index >= 15 is 0 Å². The molecular formula is C20H21N3O4S2. The Bertz CT molecular complexity index is 1210. The van der Waals surface area contributed by atoms with Crippen LogP contribution in [0.4, 0.5) is 5.69 Å². The highest BCUT2D eigenvalue weighted by Gasteiger charge is 2.28. The highest BCUT2D eigenvalue weighted by molar-refractivity contribution is 7.99. The molecule has 7 nitrogen and oxygen atoms in total. The van der Waals surface area contributed by atoms with Crippen LogP contribution >= 0.6 is 11.8 Å². The van der Waals surface area contributed by atoms with Gasteiger partial charge in [0.05, 0.1) is 31.0 Å². The van der Waals surface area contributed by atoms with Crippen molar-refractivity contribution in [1.29, 1.82) is 0 Å². The minimum absolute atomic E-state index is 0.0304. The Morgan fingerprint density at radius 1 is 1.03 bits per heavy atom. The van der Waals surface area contributed by atoms with Crippen LogP contribution in [0.2, 0.25) is 0 Å².